The van der Waals surface area contributed by atoms with E-state index in [2.05, 4.69) is 38.5 Å². The Bertz CT molecular complexity index is 483. The zero-order valence-electron chi connectivity index (χ0n) is 10.5. The number of morpholine rings is 1. The molecular formula is C13H15BrINO3. The van der Waals surface area contributed by atoms with E-state index in [1.54, 1.807) is 23.1 Å². The molecule has 1 fully saturated rings. The van der Waals surface area contributed by atoms with Crippen molar-refractivity contribution in [3.05, 3.63) is 27.3 Å². The number of aromatic hydroxyl groups is 1. The summed E-state index contributed by atoms with van der Waals surface area (Å²) >= 11 is 5.51. The molecule has 19 heavy (non-hydrogen) atoms. The van der Waals surface area contributed by atoms with Crippen LogP contribution in [0.1, 0.15) is 17.3 Å². The molecule has 0 aliphatic carbocycles. The van der Waals surface area contributed by atoms with Crippen LogP contribution in [0.25, 0.3) is 0 Å². The van der Waals surface area contributed by atoms with E-state index in [1.807, 2.05) is 6.92 Å². The maximum atomic E-state index is 12.5. The molecule has 1 saturated heterocycles. The second-order valence-electron chi connectivity index (χ2n) is 4.58. The van der Waals surface area contributed by atoms with E-state index in [4.69, 9.17) is 4.74 Å². The lowest BCUT2D eigenvalue weighted by Gasteiger charge is -2.37. The molecule has 0 radical (unpaired) electrons. The zero-order chi connectivity index (χ0) is 14.0. The van der Waals surface area contributed by atoms with E-state index in [0.717, 1.165) is 3.57 Å². The number of phenolic OH excluding ortho intramolecular Hbond substituents is 1. The number of hydrogen-bond donors (Lipinski definition) is 1. The molecule has 2 unspecified atom stereocenters. The van der Waals surface area contributed by atoms with Crippen LogP contribution in [0.15, 0.2) is 18.2 Å². The van der Waals surface area contributed by atoms with Crippen LogP contribution in [-0.4, -0.2) is 46.5 Å². The van der Waals surface area contributed by atoms with Crippen molar-refractivity contribution in [2.24, 2.45) is 0 Å². The summed E-state index contributed by atoms with van der Waals surface area (Å²) in [4.78, 5) is 14.3. The number of rotatable bonds is 2. The Morgan fingerprint density at radius 3 is 3.05 bits per heavy atom. The molecule has 0 aromatic heterocycles. The van der Waals surface area contributed by atoms with Gasteiger partial charge in [0.25, 0.3) is 5.91 Å². The molecule has 1 aliphatic rings. The van der Waals surface area contributed by atoms with E-state index in [0.29, 0.717) is 24.0 Å². The maximum Gasteiger partial charge on any atom is 0.258 e. The van der Waals surface area contributed by atoms with Crippen molar-refractivity contribution in [3.63, 3.8) is 0 Å². The van der Waals surface area contributed by atoms with Crippen molar-refractivity contribution >= 4 is 44.4 Å². The number of phenols is 1. The van der Waals surface area contributed by atoms with Gasteiger partial charge >= 0.3 is 0 Å². The number of alkyl halides is 1. The third kappa shape index (κ3) is 3.41. The first-order chi connectivity index (χ1) is 9.02. The Balaban J connectivity index is 2.24. The molecule has 1 aromatic carbocycles. The standard InChI is InChI=1S/C13H15BrINO3/c1-8-7-19-10(5-14)6-16(8)13(18)11-4-9(15)2-3-12(11)17/h2-4,8,10,17H,5-7H2,1H3. The molecule has 0 spiro atoms. The van der Waals surface area contributed by atoms with Gasteiger partial charge in [-0.1, -0.05) is 15.9 Å². The van der Waals surface area contributed by atoms with Gasteiger partial charge in [-0.25, -0.2) is 0 Å². The highest BCUT2D eigenvalue weighted by molar-refractivity contribution is 14.1. The number of halogens is 2. The quantitative estimate of drug-likeness (QED) is 0.569. The van der Waals surface area contributed by atoms with Crippen molar-refractivity contribution < 1.29 is 14.6 Å². The van der Waals surface area contributed by atoms with Crippen LogP contribution in [-0.2, 0) is 4.74 Å². The summed E-state index contributed by atoms with van der Waals surface area (Å²) in [5.74, 6) is -0.114. The van der Waals surface area contributed by atoms with Gasteiger partial charge in [-0.3, -0.25) is 4.79 Å². The average molecular weight is 440 g/mol. The normalized spacial score (nSPS) is 23.4. The molecule has 2 rings (SSSR count). The van der Waals surface area contributed by atoms with Crippen molar-refractivity contribution in [1.82, 2.24) is 4.90 Å². The van der Waals surface area contributed by atoms with E-state index in [-0.39, 0.29) is 23.8 Å². The number of amides is 1. The lowest BCUT2D eigenvalue weighted by molar-refractivity contribution is -0.0362. The zero-order valence-corrected chi connectivity index (χ0v) is 14.2. The van der Waals surface area contributed by atoms with Gasteiger partial charge in [0.15, 0.2) is 0 Å². The smallest absolute Gasteiger partial charge is 0.258 e. The fraction of sp³-hybridized carbons (Fsp3) is 0.462. The van der Waals surface area contributed by atoms with E-state index in [9.17, 15) is 9.90 Å². The van der Waals surface area contributed by atoms with E-state index >= 15 is 0 Å². The van der Waals surface area contributed by atoms with Gasteiger partial charge < -0.3 is 14.7 Å². The maximum absolute atomic E-state index is 12.5. The minimum atomic E-state index is -0.141. The highest BCUT2D eigenvalue weighted by Crippen LogP contribution is 2.24. The highest BCUT2D eigenvalue weighted by Gasteiger charge is 2.30. The first-order valence-electron chi connectivity index (χ1n) is 6.00. The molecule has 1 aromatic rings. The Hall–Kier alpha value is -0.340. The summed E-state index contributed by atoms with van der Waals surface area (Å²) in [7, 11) is 0. The summed E-state index contributed by atoms with van der Waals surface area (Å²) < 4.78 is 6.53. The van der Waals surface area contributed by atoms with Crippen molar-refractivity contribution in [3.8, 4) is 5.75 Å². The summed E-state index contributed by atoms with van der Waals surface area (Å²) in [6.07, 6.45) is 0.00470. The number of carbonyl (C=O) groups excluding carboxylic acids is 1. The Kier molecular flexibility index (Phi) is 5.08. The monoisotopic (exact) mass is 439 g/mol. The summed E-state index contributed by atoms with van der Waals surface area (Å²) in [6, 6.07) is 5.06. The molecule has 1 amide bonds. The van der Waals surface area contributed by atoms with Crippen molar-refractivity contribution in [1.29, 1.82) is 0 Å². The van der Waals surface area contributed by atoms with Gasteiger partial charge in [-0.05, 0) is 47.7 Å². The molecule has 4 nitrogen and oxygen atoms in total. The van der Waals surface area contributed by atoms with Gasteiger partial charge in [0.2, 0.25) is 0 Å². The lowest BCUT2D eigenvalue weighted by atomic mass is 10.1. The second kappa shape index (κ2) is 6.41. The molecule has 104 valence electrons. The van der Waals surface area contributed by atoms with Gasteiger partial charge in [-0.2, -0.15) is 0 Å². The second-order valence-corrected chi connectivity index (χ2v) is 6.47. The van der Waals surface area contributed by atoms with E-state index < -0.39 is 0 Å². The van der Waals surface area contributed by atoms with Crippen molar-refractivity contribution in [2.45, 2.75) is 19.1 Å². The Morgan fingerprint density at radius 2 is 2.37 bits per heavy atom. The molecule has 1 aliphatic heterocycles. The fourth-order valence-corrected chi connectivity index (χ4v) is 2.91. The number of nitrogens with zero attached hydrogens (tertiary/aromatic N) is 1. The summed E-state index contributed by atoms with van der Waals surface area (Å²) in [6.45, 7) is 3.01. The number of benzene rings is 1. The first-order valence-corrected chi connectivity index (χ1v) is 8.20. The fourth-order valence-electron chi connectivity index (χ4n) is 2.03. The highest BCUT2D eigenvalue weighted by atomic mass is 127. The van der Waals surface area contributed by atoms with E-state index in [1.165, 1.54) is 0 Å². The van der Waals surface area contributed by atoms with Gasteiger partial charge in [-0.15, -0.1) is 0 Å². The Labute approximate surface area is 134 Å². The topological polar surface area (TPSA) is 49.8 Å². The molecule has 0 bridgehead atoms. The predicted molar refractivity (Wildman–Crippen MR) is 84.9 cm³/mol. The van der Waals surface area contributed by atoms with Crippen LogP contribution < -0.4 is 0 Å². The van der Waals surface area contributed by atoms with Crippen LogP contribution >= 0.6 is 38.5 Å². The van der Waals surface area contributed by atoms with Crippen LogP contribution in [0.4, 0.5) is 0 Å². The summed E-state index contributed by atoms with van der Waals surface area (Å²) in [5, 5.41) is 10.6. The Morgan fingerprint density at radius 1 is 1.63 bits per heavy atom. The first kappa shape index (κ1) is 15.1. The number of hydrogen-bond acceptors (Lipinski definition) is 3. The largest absolute Gasteiger partial charge is 0.507 e. The minimum absolute atomic E-state index is 0.00470. The van der Waals surface area contributed by atoms with Gasteiger partial charge in [0.1, 0.15) is 5.75 Å². The molecule has 0 saturated carbocycles. The van der Waals surface area contributed by atoms with Crippen molar-refractivity contribution in [2.75, 3.05) is 18.5 Å². The lowest BCUT2D eigenvalue weighted by Crippen LogP contribution is -2.51. The molecule has 6 heteroatoms. The van der Waals surface area contributed by atoms with Crippen LogP contribution in [0, 0.1) is 3.57 Å². The molecule has 1 N–H and O–H groups in total. The van der Waals surface area contributed by atoms with Crippen LogP contribution in [0.5, 0.6) is 5.75 Å². The third-order valence-electron chi connectivity index (χ3n) is 3.13. The SMILES string of the molecule is CC1COC(CBr)CN1C(=O)c1cc(I)ccc1O. The third-order valence-corrected chi connectivity index (χ3v) is 4.52. The number of ether oxygens (including phenoxy) is 1. The van der Waals surface area contributed by atoms with Crippen LogP contribution in [0.3, 0.4) is 0 Å². The average Bonchev–Trinajstić information content (AvgIpc) is 2.41. The predicted octanol–water partition coefficient (Wildman–Crippen LogP) is 2.62. The molecule has 1 heterocycles. The molecule has 2 atom stereocenters. The molecular weight excluding hydrogens is 425 g/mol. The summed E-state index contributed by atoms with van der Waals surface area (Å²) in [5.41, 5.74) is 0.356. The number of carbonyl (C=O) groups is 1. The van der Waals surface area contributed by atoms with Gasteiger partial charge in [0, 0.05) is 15.4 Å². The van der Waals surface area contributed by atoms with Crippen LogP contribution in [0.2, 0.25) is 0 Å². The van der Waals surface area contributed by atoms with Gasteiger partial charge in [0.05, 0.1) is 24.3 Å². The minimum Gasteiger partial charge on any atom is -0.507 e.